The number of hydrogen-bond acceptors (Lipinski definition) is 3. The summed E-state index contributed by atoms with van der Waals surface area (Å²) in [4.78, 5) is 11.9. The van der Waals surface area contributed by atoms with Crippen LogP contribution in [0.1, 0.15) is 32.1 Å². The van der Waals surface area contributed by atoms with Crippen molar-refractivity contribution in [1.29, 1.82) is 0 Å². The lowest BCUT2D eigenvalue weighted by Gasteiger charge is -2.20. The number of rotatable bonds is 2. The number of halogens is 1. The average molecular weight is 266 g/mol. The summed E-state index contributed by atoms with van der Waals surface area (Å²) in [5.74, 6) is -0.119. The standard InChI is InChI=1S/C14H16ClNO2/c15-10-3-5-11(6-4-10)16-12-9-14(18-13(12)17)7-1-2-8-14/h3-6,12,16H,1-2,7-9H2. The van der Waals surface area contributed by atoms with E-state index in [4.69, 9.17) is 16.3 Å². The van der Waals surface area contributed by atoms with Crippen molar-refractivity contribution < 1.29 is 9.53 Å². The Morgan fingerprint density at radius 2 is 1.89 bits per heavy atom. The molecule has 1 saturated carbocycles. The fourth-order valence-electron chi connectivity index (χ4n) is 2.96. The number of ether oxygens (including phenoxy) is 1. The molecule has 3 rings (SSSR count). The molecule has 1 N–H and O–H groups in total. The zero-order valence-electron chi connectivity index (χ0n) is 10.1. The summed E-state index contributed by atoms with van der Waals surface area (Å²) in [6, 6.07) is 7.18. The van der Waals surface area contributed by atoms with E-state index in [1.54, 1.807) is 0 Å². The van der Waals surface area contributed by atoms with E-state index >= 15 is 0 Å². The van der Waals surface area contributed by atoms with Crippen LogP contribution in [0.5, 0.6) is 0 Å². The topological polar surface area (TPSA) is 38.3 Å². The maximum atomic E-state index is 11.9. The molecule has 1 aromatic rings. The van der Waals surface area contributed by atoms with Crippen molar-refractivity contribution in [3.63, 3.8) is 0 Å². The van der Waals surface area contributed by atoms with Crippen molar-refractivity contribution in [2.24, 2.45) is 0 Å². The molecule has 0 aromatic heterocycles. The highest BCUT2D eigenvalue weighted by atomic mass is 35.5. The van der Waals surface area contributed by atoms with Crippen LogP contribution in [-0.2, 0) is 9.53 Å². The molecule has 1 aliphatic heterocycles. The summed E-state index contributed by atoms with van der Waals surface area (Å²) < 4.78 is 5.59. The minimum Gasteiger partial charge on any atom is -0.457 e. The first-order valence-electron chi connectivity index (χ1n) is 6.42. The van der Waals surface area contributed by atoms with E-state index in [9.17, 15) is 4.79 Å². The van der Waals surface area contributed by atoms with Crippen LogP contribution in [-0.4, -0.2) is 17.6 Å². The van der Waals surface area contributed by atoms with Gasteiger partial charge in [-0.05, 0) is 49.9 Å². The van der Waals surface area contributed by atoms with Crippen molar-refractivity contribution in [1.82, 2.24) is 0 Å². The Labute approximate surface area is 111 Å². The number of anilines is 1. The van der Waals surface area contributed by atoms with E-state index in [0.717, 1.165) is 24.9 Å². The Kier molecular flexibility index (Phi) is 2.94. The number of nitrogens with one attached hydrogen (secondary N) is 1. The lowest BCUT2D eigenvalue weighted by Crippen LogP contribution is -2.25. The van der Waals surface area contributed by atoms with Gasteiger partial charge in [0, 0.05) is 17.1 Å². The first kappa shape index (κ1) is 11.8. The Hall–Kier alpha value is -1.22. The predicted octanol–water partition coefficient (Wildman–Crippen LogP) is 3.38. The molecule has 0 amide bonds. The lowest BCUT2D eigenvalue weighted by atomic mass is 9.96. The van der Waals surface area contributed by atoms with Crippen LogP contribution in [0.3, 0.4) is 0 Å². The summed E-state index contributed by atoms with van der Waals surface area (Å²) in [5, 5.41) is 3.93. The summed E-state index contributed by atoms with van der Waals surface area (Å²) >= 11 is 5.84. The molecule has 18 heavy (non-hydrogen) atoms. The number of esters is 1. The van der Waals surface area contributed by atoms with Crippen molar-refractivity contribution >= 4 is 23.3 Å². The SMILES string of the molecule is O=C1OC2(CCCC2)CC1Nc1ccc(Cl)cc1. The highest BCUT2D eigenvalue weighted by Gasteiger charge is 2.48. The van der Waals surface area contributed by atoms with Crippen LogP contribution < -0.4 is 5.32 Å². The van der Waals surface area contributed by atoms with Gasteiger partial charge in [-0.15, -0.1) is 0 Å². The van der Waals surface area contributed by atoms with E-state index in [0.29, 0.717) is 5.02 Å². The molecular weight excluding hydrogens is 250 g/mol. The fraction of sp³-hybridized carbons (Fsp3) is 0.500. The number of carbonyl (C=O) groups is 1. The van der Waals surface area contributed by atoms with Gasteiger partial charge in [-0.25, -0.2) is 4.79 Å². The van der Waals surface area contributed by atoms with Gasteiger partial charge in [0.1, 0.15) is 11.6 Å². The molecule has 0 bridgehead atoms. The zero-order valence-corrected chi connectivity index (χ0v) is 10.9. The lowest BCUT2D eigenvalue weighted by molar-refractivity contribution is -0.148. The molecular formula is C14H16ClNO2. The Bertz CT molecular complexity index is 451. The third-order valence-corrected chi connectivity index (χ3v) is 4.13. The molecule has 96 valence electrons. The van der Waals surface area contributed by atoms with E-state index < -0.39 is 0 Å². The van der Waals surface area contributed by atoms with Crippen LogP contribution in [0.25, 0.3) is 0 Å². The molecule has 1 saturated heterocycles. The zero-order chi connectivity index (χ0) is 12.6. The molecule has 0 radical (unpaired) electrons. The highest BCUT2D eigenvalue weighted by molar-refractivity contribution is 6.30. The van der Waals surface area contributed by atoms with Crippen molar-refractivity contribution in [3.05, 3.63) is 29.3 Å². The molecule has 2 fully saturated rings. The maximum absolute atomic E-state index is 11.9. The van der Waals surface area contributed by atoms with Crippen molar-refractivity contribution in [3.8, 4) is 0 Å². The van der Waals surface area contributed by atoms with Gasteiger partial charge in [0.15, 0.2) is 0 Å². The third kappa shape index (κ3) is 2.19. The highest BCUT2D eigenvalue weighted by Crippen LogP contribution is 2.42. The van der Waals surface area contributed by atoms with E-state index in [1.165, 1.54) is 12.8 Å². The largest absolute Gasteiger partial charge is 0.457 e. The second kappa shape index (κ2) is 4.47. The molecule has 1 aliphatic carbocycles. The predicted molar refractivity (Wildman–Crippen MR) is 70.8 cm³/mol. The summed E-state index contributed by atoms with van der Waals surface area (Å²) in [5.41, 5.74) is 0.734. The minimum atomic E-state index is -0.218. The minimum absolute atomic E-state index is 0.119. The normalized spacial score (nSPS) is 25.4. The molecule has 1 atom stereocenters. The summed E-state index contributed by atoms with van der Waals surface area (Å²) in [6.45, 7) is 0. The quantitative estimate of drug-likeness (QED) is 0.833. The van der Waals surface area contributed by atoms with Gasteiger partial charge < -0.3 is 10.1 Å². The van der Waals surface area contributed by atoms with Gasteiger partial charge in [0.05, 0.1) is 0 Å². The smallest absolute Gasteiger partial charge is 0.329 e. The Morgan fingerprint density at radius 1 is 1.22 bits per heavy atom. The fourth-order valence-corrected chi connectivity index (χ4v) is 3.09. The van der Waals surface area contributed by atoms with Crippen LogP contribution in [0.2, 0.25) is 5.02 Å². The van der Waals surface area contributed by atoms with Crippen LogP contribution >= 0.6 is 11.6 Å². The van der Waals surface area contributed by atoms with Crippen LogP contribution in [0.15, 0.2) is 24.3 Å². The van der Waals surface area contributed by atoms with E-state index in [1.807, 2.05) is 24.3 Å². The van der Waals surface area contributed by atoms with Crippen molar-refractivity contribution in [2.45, 2.75) is 43.7 Å². The number of carbonyl (C=O) groups excluding carboxylic acids is 1. The molecule has 1 unspecified atom stereocenters. The van der Waals surface area contributed by atoms with Crippen LogP contribution in [0, 0.1) is 0 Å². The first-order chi connectivity index (χ1) is 8.67. The summed E-state index contributed by atoms with van der Waals surface area (Å²) in [7, 11) is 0. The molecule has 2 aliphatic rings. The van der Waals surface area contributed by atoms with E-state index in [-0.39, 0.29) is 17.6 Å². The molecule has 1 spiro atoms. The molecule has 3 nitrogen and oxygen atoms in total. The van der Waals surface area contributed by atoms with Gasteiger partial charge >= 0.3 is 5.97 Å². The van der Waals surface area contributed by atoms with E-state index in [2.05, 4.69) is 5.32 Å². The average Bonchev–Trinajstić information content (AvgIpc) is 2.91. The van der Waals surface area contributed by atoms with Crippen molar-refractivity contribution in [2.75, 3.05) is 5.32 Å². The Balaban J connectivity index is 1.70. The molecule has 1 aromatic carbocycles. The van der Waals surface area contributed by atoms with Gasteiger partial charge in [0.2, 0.25) is 0 Å². The third-order valence-electron chi connectivity index (χ3n) is 3.88. The van der Waals surface area contributed by atoms with Gasteiger partial charge in [-0.3, -0.25) is 0 Å². The van der Waals surface area contributed by atoms with Crippen LogP contribution in [0.4, 0.5) is 5.69 Å². The second-order valence-corrected chi connectivity index (χ2v) is 5.66. The van der Waals surface area contributed by atoms with Gasteiger partial charge in [0.25, 0.3) is 0 Å². The molecule has 1 heterocycles. The Morgan fingerprint density at radius 3 is 2.56 bits per heavy atom. The van der Waals surface area contributed by atoms with Gasteiger partial charge in [-0.2, -0.15) is 0 Å². The van der Waals surface area contributed by atoms with Gasteiger partial charge in [-0.1, -0.05) is 11.6 Å². The maximum Gasteiger partial charge on any atom is 0.329 e. The second-order valence-electron chi connectivity index (χ2n) is 5.22. The molecule has 4 heteroatoms. The number of hydrogen-bond donors (Lipinski definition) is 1. The summed E-state index contributed by atoms with van der Waals surface area (Å²) in [6.07, 6.45) is 5.14. The first-order valence-corrected chi connectivity index (χ1v) is 6.80. The number of benzene rings is 1. The monoisotopic (exact) mass is 265 g/mol.